The zero-order valence-electron chi connectivity index (χ0n) is 7.67. The van der Waals surface area contributed by atoms with Crippen molar-refractivity contribution in [3.05, 3.63) is 42.0 Å². The third-order valence-electron chi connectivity index (χ3n) is 1.90. The summed E-state index contributed by atoms with van der Waals surface area (Å²) in [4.78, 5) is 0. The Balaban J connectivity index is 3.10. The molecule has 0 saturated carbocycles. The van der Waals surface area contributed by atoms with Crippen LogP contribution in [0.1, 0.15) is 11.1 Å². The molecule has 0 aliphatic carbocycles. The van der Waals surface area contributed by atoms with Gasteiger partial charge in [0, 0.05) is 0 Å². The van der Waals surface area contributed by atoms with Gasteiger partial charge in [0.25, 0.3) is 0 Å². The van der Waals surface area contributed by atoms with Crippen LogP contribution < -0.4 is 5.32 Å². The second kappa shape index (κ2) is 4.32. The van der Waals surface area contributed by atoms with Crippen molar-refractivity contribution in [3.63, 3.8) is 0 Å². The number of rotatable bonds is 3. The molecule has 0 atom stereocenters. The van der Waals surface area contributed by atoms with Crippen molar-refractivity contribution >= 4 is 5.69 Å². The molecule has 66 valence electrons. The highest BCUT2D eigenvalue weighted by atomic mass is 14.9. The predicted octanol–water partition coefficient (Wildman–Crippen LogP) is 2.62. The van der Waals surface area contributed by atoms with Gasteiger partial charge in [-0.15, -0.1) is 6.58 Å². The Morgan fingerprint density at radius 1 is 1.62 bits per heavy atom. The van der Waals surface area contributed by atoms with Crippen LogP contribution in [0.5, 0.6) is 0 Å². The zero-order chi connectivity index (χ0) is 9.68. The highest BCUT2D eigenvalue weighted by molar-refractivity contribution is 5.59. The minimum Gasteiger partial charge on any atom is -0.292 e. The molecular formula is C11H12N2. The maximum absolute atomic E-state index is 8.55. The number of para-hydroxylation sites is 1. The molecule has 2 nitrogen and oxygen atoms in total. The van der Waals surface area contributed by atoms with Crippen LogP contribution in [0.4, 0.5) is 5.69 Å². The molecule has 0 radical (unpaired) electrons. The van der Waals surface area contributed by atoms with Gasteiger partial charge >= 0.3 is 0 Å². The Morgan fingerprint density at radius 2 is 2.38 bits per heavy atom. The zero-order valence-corrected chi connectivity index (χ0v) is 7.67. The van der Waals surface area contributed by atoms with Crippen LogP contribution in [0.25, 0.3) is 0 Å². The fourth-order valence-electron chi connectivity index (χ4n) is 1.29. The van der Waals surface area contributed by atoms with Gasteiger partial charge in [-0.05, 0) is 24.5 Å². The van der Waals surface area contributed by atoms with Gasteiger partial charge in [-0.3, -0.25) is 5.32 Å². The Kier molecular flexibility index (Phi) is 3.10. The number of nitrogens with one attached hydrogen (secondary N) is 1. The summed E-state index contributed by atoms with van der Waals surface area (Å²) >= 11 is 0. The van der Waals surface area contributed by atoms with Gasteiger partial charge < -0.3 is 0 Å². The second-order valence-electron chi connectivity index (χ2n) is 2.84. The summed E-state index contributed by atoms with van der Waals surface area (Å²) < 4.78 is 0. The van der Waals surface area contributed by atoms with Gasteiger partial charge in [-0.1, -0.05) is 24.3 Å². The van der Waals surface area contributed by atoms with E-state index < -0.39 is 0 Å². The summed E-state index contributed by atoms with van der Waals surface area (Å²) in [6.07, 6.45) is 4.55. The Morgan fingerprint density at radius 3 is 3.00 bits per heavy atom. The summed E-state index contributed by atoms with van der Waals surface area (Å²) in [7, 11) is 0. The largest absolute Gasteiger partial charge is 0.292 e. The van der Waals surface area contributed by atoms with E-state index in [0.29, 0.717) is 0 Å². The van der Waals surface area contributed by atoms with Gasteiger partial charge in [0.1, 0.15) is 0 Å². The number of anilines is 1. The van der Waals surface area contributed by atoms with E-state index in [9.17, 15) is 0 Å². The van der Waals surface area contributed by atoms with Crippen LogP contribution in [0.2, 0.25) is 0 Å². The number of hydrogen-bond acceptors (Lipinski definition) is 2. The lowest BCUT2D eigenvalue weighted by Gasteiger charge is -2.08. The molecule has 0 amide bonds. The van der Waals surface area contributed by atoms with Crippen molar-refractivity contribution in [1.82, 2.24) is 0 Å². The summed E-state index contributed by atoms with van der Waals surface area (Å²) in [6, 6.07) is 5.96. The van der Waals surface area contributed by atoms with Gasteiger partial charge in [0.2, 0.25) is 0 Å². The van der Waals surface area contributed by atoms with E-state index in [-0.39, 0.29) is 0 Å². The molecule has 0 aliphatic heterocycles. The predicted molar refractivity (Wildman–Crippen MR) is 54.3 cm³/mol. The fourth-order valence-corrected chi connectivity index (χ4v) is 1.29. The molecule has 1 aromatic carbocycles. The maximum atomic E-state index is 8.55. The summed E-state index contributed by atoms with van der Waals surface area (Å²) in [6.45, 7) is 5.65. The summed E-state index contributed by atoms with van der Waals surface area (Å²) in [5.74, 6) is 0. The first-order valence-corrected chi connectivity index (χ1v) is 4.14. The van der Waals surface area contributed by atoms with Crippen molar-refractivity contribution in [2.45, 2.75) is 13.3 Å². The quantitative estimate of drug-likeness (QED) is 0.432. The SMILES string of the molecule is C=CCc1cccc(C)c1NC#N. The average molecular weight is 172 g/mol. The summed E-state index contributed by atoms with van der Waals surface area (Å²) in [5, 5.41) is 11.2. The van der Waals surface area contributed by atoms with Gasteiger partial charge in [-0.25, -0.2) is 0 Å². The fraction of sp³-hybridized carbons (Fsp3) is 0.182. The van der Waals surface area contributed by atoms with E-state index in [1.54, 1.807) is 0 Å². The minimum absolute atomic E-state index is 0.783. The van der Waals surface area contributed by atoms with Crippen LogP contribution in [-0.2, 0) is 6.42 Å². The van der Waals surface area contributed by atoms with Crippen molar-refractivity contribution in [2.24, 2.45) is 0 Å². The molecule has 0 spiro atoms. The van der Waals surface area contributed by atoms with E-state index in [0.717, 1.165) is 23.2 Å². The van der Waals surface area contributed by atoms with Crippen molar-refractivity contribution in [2.75, 3.05) is 5.32 Å². The Bertz CT molecular complexity index is 348. The van der Waals surface area contributed by atoms with Crippen molar-refractivity contribution < 1.29 is 0 Å². The molecule has 13 heavy (non-hydrogen) atoms. The molecule has 1 aromatic rings. The lowest BCUT2D eigenvalue weighted by molar-refractivity contribution is 1.25. The Hall–Kier alpha value is -1.75. The van der Waals surface area contributed by atoms with Crippen molar-refractivity contribution in [1.29, 1.82) is 5.26 Å². The van der Waals surface area contributed by atoms with Crippen LogP contribution in [0.15, 0.2) is 30.9 Å². The maximum Gasteiger partial charge on any atom is 0.181 e. The lowest BCUT2D eigenvalue weighted by atomic mass is 10.1. The van der Waals surface area contributed by atoms with Crippen LogP contribution in [0.3, 0.4) is 0 Å². The van der Waals surface area contributed by atoms with E-state index in [2.05, 4.69) is 11.9 Å². The van der Waals surface area contributed by atoms with Gasteiger partial charge in [0.05, 0.1) is 5.69 Å². The molecule has 0 unspecified atom stereocenters. The molecular weight excluding hydrogens is 160 g/mol. The first kappa shape index (κ1) is 9.34. The summed E-state index contributed by atoms with van der Waals surface area (Å²) in [5.41, 5.74) is 3.10. The number of nitriles is 1. The molecule has 0 saturated heterocycles. The molecule has 1 N–H and O–H groups in total. The molecule has 0 aliphatic rings. The highest BCUT2D eigenvalue weighted by Crippen LogP contribution is 2.20. The van der Waals surface area contributed by atoms with E-state index >= 15 is 0 Å². The Labute approximate surface area is 78.5 Å². The number of allylic oxidation sites excluding steroid dienone is 1. The van der Waals surface area contributed by atoms with Gasteiger partial charge in [0.15, 0.2) is 6.19 Å². The van der Waals surface area contributed by atoms with Crippen molar-refractivity contribution in [3.8, 4) is 6.19 Å². The number of benzene rings is 1. The highest BCUT2D eigenvalue weighted by Gasteiger charge is 2.02. The molecule has 2 heteroatoms. The molecule has 0 aromatic heterocycles. The number of nitrogens with zero attached hydrogens (tertiary/aromatic N) is 1. The monoisotopic (exact) mass is 172 g/mol. The topological polar surface area (TPSA) is 35.8 Å². The first-order valence-electron chi connectivity index (χ1n) is 4.14. The van der Waals surface area contributed by atoms with Crippen LogP contribution in [-0.4, -0.2) is 0 Å². The molecule has 1 rings (SSSR count). The van der Waals surface area contributed by atoms with E-state index in [4.69, 9.17) is 5.26 Å². The molecule has 0 heterocycles. The van der Waals surface area contributed by atoms with E-state index in [1.165, 1.54) is 0 Å². The normalized spacial score (nSPS) is 8.92. The minimum atomic E-state index is 0.783. The van der Waals surface area contributed by atoms with Crippen LogP contribution >= 0.6 is 0 Å². The third-order valence-corrected chi connectivity index (χ3v) is 1.90. The standard InChI is InChI=1S/C11H12N2/c1-3-5-10-7-4-6-9(2)11(10)13-8-12/h3-4,6-7,13H,1,5H2,2H3. The average Bonchev–Trinajstić information content (AvgIpc) is 2.11. The smallest absolute Gasteiger partial charge is 0.181 e. The molecule has 0 bridgehead atoms. The van der Waals surface area contributed by atoms with E-state index in [1.807, 2.05) is 37.4 Å². The van der Waals surface area contributed by atoms with Crippen LogP contribution in [0, 0.1) is 18.4 Å². The molecule has 0 fully saturated rings. The number of hydrogen-bond donors (Lipinski definition) is 1. The number of aryl methyl sites for hydroxylation is 1. The van der Waals surface area contributed by atoms with Gasteiger partial charge in [-0.2, -0.15) is 5.26 Å². The lowest BCUT2D eigenvalue weighted by Crippen LogP contribution is -1.96. The first-order chi connectivity index (χ1) is 6.29. The second-order valence-corrected chi connectivity index (χ2v) is 2.84. The third kappa shape index (κ3) is 2.09.